The fourth-order valence-electron chi connectivity index (χ4n) is 3.87. The van der Waals surface area contributed by atoms with E-state index in [1.807, 2.05) is 12.1 Å². The molecule has 1 aromatic heterocycles. The van der Waals surface area contributed by atoms with Crippen LogP contribution in [0.1, 0.15) is 47.7 Å². The summed E-state index contributed by atoms with van der Waals surface area (Å²) in [5.74, 6) is -0.165. The Morgan fingerprint density at radius 2 is 1.95 bits per heavy atom. The molecule has 1 aliphatic rings. The van der Waals surface area contributed by atoms with Crippen LogP contribution >= 0.6 is 0 Å². The number of carbonyl (C=O) groups is 2. The van der Waals surface area contributed by atoms with Crippen molar-refractivity contribution in [2.45, 2.75) is 45.4 Å². The van der Waals surface area contributed by atoms with Crippen molar-refractivity contribution in [2.24, 2.45) is 11.7 Å². The monoisotopic (exact) mass is 521 g/mol. The Kier molecular flexibility index (Phi) is 8.91. The summed E-state index contributed by atoms with van der Waals surface area (Å²) in [4.78, 5) is 29.8. The van der Waals surface area contributed by atoms with Crippen LogP contribution in [0.5, 0.6) is 11.5 Å². The van der Waals surface area contributed by atoms with Gasteiger partial charge in [-0.1, -0.05) is 12.1 Å². The number of nitrogens with two attached hydrogens (primary N) is 1. The predicted octanol–water partition coefficient (Wildman–Crippen LogP) is 4.40. The minimum absolute atomic E-state index is 0.0270. The number of hydrogen-bond acceptors (Lipinski definition) is 7. The van der Waals surface area contributed by atoms with Crippen LogP contribution in [0.4, 0.5) is 4.39 Å². The van der Waals surface area contributed by atoms with Crippen LogP contribution in [-0.4, -0.2) is 36.6 Å². The van der Waals surface area contributed by atoms with E-state index in [4.69, 9.17) is 19.9 Å². The molecule has 1 saturated carbocycles. The summed E-state index contributed by atoms with van der Waals surface area (Å²) in [6.07, 6.45) is 3.98. The van der Waals surface area contributed by atoms with Crippen LogP contribution in [0.2, 0.25) is 0 Å². The maximum absolute atomic E-state index is 14.1. The Balaban J connectivity index is 1.55. The molecule has 200 valence electrons. The molecule has 8 nitrogen and oxygen atoms in total. The zero-order valence-electron chi connectivity index (χ0n) is 21.5. The molecule has 0 bridgehead atoms. The van der Waals surface area contributed by atoms with Crippen LogP contribution < -0.4 is 20.5 Å². The SMILES string of the molecule is COc1ccc(CNC(=O)c2cc(-c3ncccc3COC(=O)CC(C)N)ccc2OCC2CC2)cc1F. The first-order chi connectivity index (χ1) is 18.3. The van der Waals surface area contributed by atoms with Gasteiger partial charge < -0.3 is 25.3 Å². The molecule has 1 fully saturated rings. The number of pyridine rings is 1. The number of nitrogens with one attached hydrogen (secondary N) is 1. The van der Waals surface area contributed by atoms with Gasteiger partial charge in [0.25, 0.3) is 5.91 Å². The highest BCUT2D eigenvalue weighted by Crippen LogP contribution is 2.32. The molecule has 3 aromatic rings. The van der Waals surface area contributed by atoms with E-state index in [0.29, 0.717) is 46.2 Å². The van der Waals surface area contributed by atoms with Crippen molar-refractivity contribution >= 4 is 11.9 Å². The quantitative estimate of drug-likeness (QED) is 0.340. The van der Waals surface area contributed by atoms with Crippen LogP contribution in [0.15, 0.2) is 54.7 Å². The van der Waals surface area contributed by atoms with E-state index in [0.717, 1.165) is 12.8 Å². The predicted molar refractivity (Wildman–Crippen MR) is 140 cm³/mol. The second-order valence-electron chi connectivity index (χ2n) is 9.47. The summed E-state index contributed by atoms with van der Waals surface area (Å²) in [6, 6.07) is 13.1. The van der Waals surface area contributed by atoms with Crippen LogP contribution in [-0.2, 0) is 22.7 Å². The number of aromatic nitrogens is 1. The third-order valence-corrected chi connectivity index (χ3v) is 6.11. The van der Waals surface area contributed by atoms with Crippen LogP contribution in [0, 0.1) is 11.7 Å². The van der Waals surface area contributed by atoms with Crippen molar-refractivity contribution in [3.05, 3.63) is 77.2 Å². The van der Waals surface area contributed by atoms with Crippen molar-refractivity contribution in [3.8, 4) is 22.8 Å². The molecule has 0 radical (unpaired) electrons. The molecule has 0 spiro atoms. The van der Waals surface area contributed by atoms with E-state index in [1.54, 1.807) is 37.4 Å². The molecule has 1 amide bonds. The average Bonchev–Trinajstić information content (AvgIpc) is 3.74. The first kappa shape index (κ1) is 27.1. The molecule has 0 saturated heterocycles. The molecule has 0 aliphatic heterocycles. The Morgan fingerprint density at radius 1 is 1.16 bits per heavy atom. The van der Waals surface area contributed by atoms with E-state index >= 15 is 0 Å². The summed E-state index contributed by atoms with van der Waals surface area (Å²) >= 11 is 0. The van der Waals surface area contributed by atoms with Gasteiger partial charge in [-0.15, -0.1) is 0 Å². The van der Waals surface area contributed by atoms with Crippen molar-refractivity contribution in [1.82, 2.24) is 10.3 Å². The van der Waals surface area contributed by atoms with Gasteiger partial charge in [-0.25, -0.2) is 4.39 Å². The second kappa shape index (κ2) is 12.5. The smallest absolute Gasteiger partial charge is 0.307 e. The second-order valence-corrected chi connectivity index (χ2v) is 9.47. The highest BCUT2D eigenvalue weighted by Gasteiger charge is 2.24. The molecular formula is C29H32FN3O5. The minimum atomic E-state index is -0.501. The van der Waals surface area contributed by atoms with E-state index in [1.165, 1.54) is 19.2 Å². The number of halogens is 1. The van der Waals surface area contributed by atoms with E-state index in [2.05, 4.69) is 10.3 Å². The lowest BCUT2D eigenvalue weighted by molar-refractivity contribution is -0.145. The highest BCUT2D eigenvalue weighted by molar-refractivity contribution is 5.98. The Bertz CT molecular complexity index is 1290. The summed E-state index contributed by atoms with van der Waals surface area (Å²) < 4.78 is 30.4. The first-order valence-corrected chi connectivity index (χ1v) is 12.6. The number of esters is 1. The lowest BCUT2D eigenvalue weighted by Crippen LogP contribution is -2.24. The Hall–Kier alpha value is -3.98. The maximum Gasteiger partial charge on any atom is 0.307 e. The number of nitrogens with zero attached hydrogens (tertiary/aromatic N) is 1. The summed E-state index contributed by atoms with van der Waals surface area (Å²) in [5, 5.41) is 2.85. The van der Waals surface area contributed by atoms with E-state index in [9.17, 15) is 14.0 Å². The van der Waals surface area contributed by atoms with E-state index in [-0.39, 0.29) is 37.3 Å². The molecule has 1 atom stereocenters. The van der Waals surface area contributed by atoms with Gasteiger partial charge in [-0.3, -0.25) is 14.6 Å². The normalized spacial score (nSPS) is 13.5. The number of carbonyl (C=O) groups excluding carboxylic acids is 2. The molecule has 1 aliphatic carbocycles. The molecular weight excluding hydrogens is 489 g/mol. The third-order valence-electron chi connectivity index (χ3n) is 6.11. The lowest BCUT2D eigenvalue weighted by Gasteiger charge is -2.15. The minimum Gasteiger partial charge on any atom is -0.494 e. The number of hydrogen-bond donors (Lipinski definition) is 2. The number of rotatable bonds is 12. The molecule has 2 aromatic carbocycles. The molecule has 9 heteroatoms. The Morgan fingerprint density at radius 3 is 2.66 bits per heavy atom. The number of benzene rings is 2. The van der Waals surface area contributed by atoms with Gasteiger partial charge >= 0.3 is 5.97 Å². The highest BCUT2D eigenvalue weighted by atomic mass is 19.1. The van der Waals surface area contributed by atoms with Crippen LogP contribution in [0.25, 0.3) is 11.3 Å². The fraction of sp³-hybridized carbons (Fsp3) is 0.345. The van der Waals surface area contributed by atoms with Crippen molar-refractivity contribution in [1.29, 1.82) is 0 Å². The first-order valence-electron chi connectivity index (χ1n) is 12.6. The van der Waals surface area contributed by atoms with Crippen molar-refractivity contribution in [3.63, 3.8) is 0 Å². The molecule has 1 unspecified atom stereocenters. The average molecular weight is 522 g/mol. The van der Waals surface area contributed by atoms with Gasteiger partial charge in [0, 0.05) is 29.9 Å². The molecule has 38 heavy (non-hydrogen) atoms. The molecule has 3 N–H and O–H groups in total. The van der Waals surface area contributed by atoms with Gasteiger partial charge in [-0.05, 0) is 67.6 Å². The van der Waals surface area contributed by atoms with Crippen molar-refractivity contribution in [2.75, 3.05) is 13.7 Å². The largest absolute Gasteiger partial charge is 0.494 e. The van der Waals surface area contributed by atoms with Gasteiger partial charge in [0.1, 0.15) is 12.4 Å². The Labute approximate surface area is 221 Å². The molecule has 4 rings (SSSR count). The van der Waals surface area contributed by atoms with Gasteiger partial charge in [0.05, 0.1) is 31.4 Å². The maximum atomic E-state index is 14.1. The summed E-state index contributed by atoms with van der Waals surface area (Å²) in [6.45, 7) is 2.42. The standard InChI is InChI=1S/C29H32FN3O5/c1-18(31)12-27(34)38-17-22-4-3-11-32-28(22)21-8-10-25(37-16-19-5-6-19)23(14-21)29(35)33-15-20-7-9-26(36-2)24(30)13-20/h3-4,7-11,13-14,18-19H,5-6,12,15-17,31H2,1-2H3,(H,33,35). The summed E-state index contributed by atoms with van der Waals surface area (Å²) in [7, 11) is 1.40. The topological polar surface area (TPSA) is 113 Å². The summed E-state index contributed by atoms with van der Waals surface area (Å²) in [5.41, 5.74) is 8.56. The van der Waals surface area contributed by atoms with Gasteiger partial charge in [0.15, 0.2) is 11.6 Å². The van der Waals surface area contributed by atoms with Crippen LogP contribution in [0.3, 0.4) is 0 Å². The number of ether oxygens (including phenoxy) is 3. The molecule has 1 heterocycles. The van der Waals surface area contributed by atoms with Crippen molar-refractivity contribution < 1.29 is 28.2 Å². The third kappa shape index (κ3) is 7.29. The van der Waals surface area contributed by atoms with Gasteiger partial charge in [-0.2, -0.15) is 0 Å². The van der Waals surface area contributed by atoms with Gasteiger partial charge in [0.2, 0.25) is 0 Å². The lowest BCUT2D eigenvalue weighted by atomic mass is 10.0. The fourth-order valence-corrected chi connectivity index (χ4v) is 3.87. The van der Waals surface area contributed by atoms with E-state index < -0.39 is 11.8 Å². The number of amides is 1. The number of methoxy groups -OCH3 is 1. The zero-order valence-corrected chi connectivity index (χ0v) is 21.5. The zero-order chi connectivity index (χ0) is 27.1.